The molecular weight excluding hydrogens is 476 g/mol. The van der Waals surface area contributed by atoms with Crippen LogP contribution in [0.2, 0.25) is 0 Å². The molecule has 0 saturated heterocycles. The van der Waals surface area contributed by atoms with E-state index in [4.69, 9.17) is 4.74 Å². The monoisotopic (exact) mass is 510 g/mol. The summed E-state index contributed by atoms with van der Waals surface area (Å²) in [7, 11) is 0. The van der Waals surface area contributed by atoms with Crippen LogP contribution in [0.1, 0.15) is 49.1 Å². The fourth-order valence-electron chi connectivity index (χ4n) is 3.63. The van der Waals surface area contributed by atoms with Crippen LogP contribution >= 0.6 is 12.6 Å². The quantitative estimate of drug-likeness (QED) is 0.358. The van der Waals surface area contributed by atoms with Crippen LogP contribution in [-0.4, -0.2) is 46.7 Å². The number of ether oxygens (including phenoxy) is 1. The van der Waals surface area contributed by atoms with E-state index >= 15 is 0 Å². The summed E-state index contributed by atoms with van der Waals surface area (Å²) < 4.78 is 5.27. The number of nitrogens with zero attached hydrogens (tertiary/aromatic N) is 2. The first-order chi connectivity index (χ1) is 16.9. The third kappa shape index (κ3) is 7.75. The first-order valence-electron chi connectivity index (χ1n) is 11.6. The van der Waals surface area contributed by atoms with E-state index in [1.54, 1.807) is 32.9 Å². The van der Waals surface area contributed by atoms with Crippen molar-refractivity contribution < 1.29 is 19.1 Å². The van der Waals surface area contributed by atoms with Gasteiger partial charge in [0.2, 0.25) is 5.91 Å². The number of benzene rings is 2. The first kappa shape index (κ1) is 28.7. The number of nitrogens with one attached hydrogen (secondary N) is 2. The van der Waals surface area contributed by atoms with Crippen LogP contribution in [0.15, 0.2) is 42.5 Å². The van der Waals surface area contributed by atoms with Crippen molar-refractivity contribution in [3.63, 3.8) is 0 Å². The van der Waals surface area contributed by atoms with E-state index in [9.17, 15) is 19.6 Å². The van der Waals surface area contributed by atoms with Gasteiger partial charge >= 0.3 is 6.09 Å². The maximum absolute atomic E-state index is 13.7. The Morgan fingerprint density at radius 2 is 1.64 bits per heavy atom. The predicted octanol–water partition coefficient (Wildman–Crippen LogP) is 4.47. The summed E-state index contributed by atoms with van der Waals surface area (Å²) in [5, 5.41) is 15.0. The number of para-hydroxylation sites is 1. The molecule has 0 bridgehead atoms. The summed E-state index contributed by atoms with van der Waals surface area (Å²) in [5.41, 5.74) is 3.11. The predicted molar refractivity (Wildman–Crippen MR) is 143 cm³/mol. The number of amides is 3. The summed E-state index contributed by atoms with van der Waals surface area (Å²) in [6.07, 6.45) is -0.793. The summed E-state index contributed by atoms with van der Waals surface area (Å²) in [6.45, 7) is 10.4. The Kier molecular flexibility index (Phi) is 9.93. The maximum atomic E-state index is 13.7. The van der Waals surface area contributed by atoms with Crippen LogP contribution in [0.25, 0.3) is 0 Å². The number of hydrogen-bond donors (Lipinski definition) is 3. The number of aryl methyl sites for hydroxylation is 3. The van der Waals surface area contributed by atoms with Crippen LogP contribution in [0, 0.1) is 32.1 Å². The van der Waals surface area contributed by atoms with Gasteiger partial charge in [-0.15, -0.1) is 0 Å². The number of alkyl carbamates (subject to hydrolysis) is 1. The molecule has 0 aliphatic rings. The van der Waals surface area contributed by atoms with Crippen molar-refractivity contribution in [2.45, 2.75) is 59.2 Å². The van der Waals surface area contributed by atoms with Crippen molar-refractivity contribution in [2.24, 2.45) is 0 Å². The van der Waals surface area contributed by atoms with E-state index in [-0.39, 0.29) is 12.3 Å². The number of nitriles is 1. The van der Waals surface area contributed by atoms with Crippen LogP contribution in [0.3, 0.4) is 0 Å². The van der Waals surface area contributed by atoms with Gasteiger partial charge in [-0.25, -0.2) is 4.79 Å². The molecule has 2 aromatic rings. The minimum absolute atomic E-state index is 0.0564. The molecule has 0 saturated carbocycles. The highest BCUT2D eigenvalue weighted by atomic mass is 32.1. The Morgan fingerprint density at radius 3 is 2.14 bits per heavy atom. The lowest BCUT2D eigenvalue weighted by Crippen LogP contribution is -2.53. The van der Waals surface area contributed by atoms with Gasteiger partial charge in [0.25, 0.3) is 5.91 Å². The van der Waals surface area contributed by atoms with Crippen molar-refractivity contribution in [3.05, 3.63) is 64.7 Å². The van der Waals surface area contributed by atoms with E-state index < -0.39 is 35.6 Å². The number of anilines is 1. The Labute approximate surface area is 218 Å². The van der Waals surface area contributed by atoms with Crippen molar-refractivity contribution in [3.8, 4) is 6.07 Å². The second-order valence-corrected chi connectivity index (χ2v) is 9.94. The van der Waals surface area contributed by atoms with Crippen molar-refractivity contribution in [1.29, 1.82) is 5.26 Å². The summed E-state index contributed by atoms with van der Waals surface area (Å²) in [5.74, 6) is -1.16. The first-order valence-corrected chi connectivity index (χ1v) is 12.2. The zero-order valence-corrected chi connectivity index (χ0v) is 22.5. The molecule has 2 unspecified atom stereocenters. The third-order valence-corrected chi connectivity index (χ3v) is 5.74. The zero-order chi connectivity index (χ0) is 27.0. The van der Waals surface area contributed by atoms with E-state index in [2.05, 4.69) is 23.3 Å². The van der Waals surface area contributed by atoms with Gasteiger partial charge in [-0.1, -0.05) is 48.0 Å². The molecule has 0 aliphatic heterocycles. The molecule has 192 valence electrons. The molecular formula is C27H34N4O4S. The SMILES string of the molecule is Cc1ccc(C(C(=O)Nc2c(C)cccc2C)N(CC#N)C(=O)C(CS)NC(=O)OC(C)(C)C)cc1. The molecule has 0 aromatic heterocycles. The Morgan fingerprint density at radius 1 is 1.06 bits per heavy atom. The molecule has 0 aliphatic carbocycles. The average molecular weight is 511 g/mol. The lowest BCUT2D eigenvalue weighted by atomic mass is 10.0. The smallest absolute Gasteiger partial charge is 0.408 e. The number of thiol groups is 1. The Bertz CT molecular complexity index is 1120. The van der Waals surface area contributed by atoms with Gasteiger partial charge in [0.15, 0.2) is 0 Å². The molecule has 9 heteroatoms. The van der Waals surface area contributed by atoms with Gasteiger partial charge in [0.05, 0.1) is 6.07 Å². The van der Waals surface area contributed by atoms with Gasteiger partial charge in [-0.05, 0) is 58.2 Å². The molecule has 2 atom stereocenters. The van der Waals surface area contributed by atoms with Crippen LogP contribution in [0.5, 0.6) is 0 Å². The second kappa shape index (κ2) is 12.5. The van der Waals surface area contributed by atoms with Gasteiger partial charge in [-0.3, -0.25) is 9.59 Å². The number of carbonyl (C=O) groups is 3. The fraction of sp³-hybridized carbons (Fsp3) is 0.407. The van der Waals surface area contributed by atoms with Crippen molar-refractivity contribution in [2.75, 3.05) is 17.6 Å². The minimum Gasteiger partial charge on any atom is -0.444 e. The van der Waals surface area contributed by atoms with E-state index in [1.807, 2.05) is 57.2 Å². The number of rotatable bonds is 8. The van der Waals surface area contributed by atoms with E-state index in [1.165, 1.54) is 0 Å². The summed E-state index contributed by atoms with van der Waals surface area (Å²) in [6, 6.07) is 12.6. The molecule has 0 spiro atoms. The highest BCUT2D eigenvalue weighted by molar-refractivity contribution is 7.80. The molecule has 0 heterocycles. The van der Waals surface area contributed by atoms with Gasteiger partial charge < -0.3 is 20.3 Å². The standard InChI is InChI=1S/C27H34N4O4S/c1-17-10-12-20(13-11-17)23(24(32)30-22-18(2)8-7-9-19(22)3)31(15-14-28)25(33)21(16-36)29-26(34)35-27(4,5)6/h7-13,21,23,36H,15-16H2,1-6H3,(H,29,34)(H,30,32). The highest BCUT2D eigenvalue weighted by Gasteiger charge is 2.36. The molecule has 2 rings (SSSR count). The molecule has 2 aromatic carbocycles. The molecule has 8 nitrogen and oxygen atoms in total. The normalized spacial score (nSPS) is 12.6. The maximum Gasteiger partial charge on any atom is 0.408 e. The summed E-state index contributed by atoms with van der Waals surface area (Å²) in [4.78, 5) is 40.8. The van der Waals surface area contributed by atoms with Gasteiger partial charge in [0.1, 0.15) is 24.2 Å². The molecule has 0 fully saturated rings. The largest absolute Gasteiger partial charge is 0.444 e. The molecule has 3 amide bonds. The van der Waals surface area contributed by atoms with E-state index in [0.717, 1.165) is 21.6 Å². The Balaban J connectivity index is 2.48. The zero-order valence-electron chi connectivity index (χ0n) is 21.6. The summed E-state index contributed by atoms with van der Waals surface area (Å²) >= 11 is 4.23. The topological polar surface area (TPSA) is 112 Å². The minimum atomic E-state index is -1.13. The van der Waals surface area contributed by atoms with Crippen LogP contribution in [0.4, 0.5) is 10.5 Å². The lowest BCUT2D eigenvalue weighted by molar-refractivity contribution is -0.139. The van der Waals surface area contributed by atoms with Crippen LogP contribution < -0.4 is 10.6 Å². The molecule has 0 radical (unpaired) electrons. The molecule has 36 heavy (non-hydrogen) atoms. The number of hydrogen-bond acceptors (Lipinski definition) is 6. The van der Waals surface area contributed by atoms with Gasteiger partial charge in [0, 0.05) is 11.4 Å². The lowest BCUT2D eigenvalue weighted by Gasteiger charge is -2.32. The van der Waals surface area contributed by atoms with E-state index in [0.29, 0.717) is 11.3 Å². The number of carbonyl (C=O) groups excluding carboxylic acids is 3. The van der Waals surface area contributed by atoms with Crippen molar-refractivity contribution in [1.82, 2.24) is 10.2 Å². The second-order valence-electron chi connectivity index (χ2n) is 9.57. The Hall–Kier alpha value is -3.51. The van der Waals surface area contributed by atoms with Crippen LogP contribution in [-0.2, 0) is 14.3 Å². The average Bonchev–Trinajstić information content (AvgIpc) is 2.79. The van der Waals surface area contributed by atoms with Gasteiger partial charge in [-0.2, -0.15) is 17.9 Å². The molecule has 2 N–H and O–H groups in total. The fourth-order valence-corrected chi connectivity index (χ4v) is 3.88. The highest BCUT2D eigenvalue weighted by Crippen LogP contribution is 2.27. The third-order valence-electron chi connectivity index (χ3n) is 5.38. The van der Waals surface area contributed by atoms with Crippen molar-refractivity contribution >= 4 is 36.2 Å².